The number of carbonyl (C=O) groups is 1. The van der Waals surface area contributed by atoms with Crippen molar-refractivity contribution in [1.29, 1.82) is 0 Å². The van der Waals surface area contributed by atoms with Gasteiger partial charge < -0.3 is 9.47 Å². The summed E-state index contributed by atoms with van der Waals surface area (Å²) in [5.41, 5.74) is 2.56. The molecule has 1 spiro atoms. The van der Waals surface area contributed by atoms with Crippen LogP contribution in [-0.2, 0) is 14.3 Å². The summed E-state index contributed by atoms with van der Waals surface area (Å²) in [7, 11) is 0. The van der Waals surface area contributed by atoms with Crippen LogP contribution in [0.5, 0.6) is 0 Å². The first-order valence-corrected chi connectivity index (χ1v) is 8.83. The van der Waals surface area contributed by atoms with Gasteiger partial charge in [0.15, 0.2) is 11.6 Å². The average molecular weight is 302 g/mol. The van der Waals surface area contributed by atoms with Crippen LogP contribution < -0.4 is 0 Å². The molecule has 120 valence electrons. The van der Waals surface area contributed by atoms with E-state index in [9.17, 15) is 4.79 Å². The van der Waals surface area contributed by atoms with Crippen molar-refractivity contribution in [3.8, 4) is 0 Å². The fourth-order valence-corrected chi connectivity index (χ4v) is 5.14. The molecule has 0 unspecified atom stereocenters. The van der Waals surface area contributed by atoms with Crippen LogP contribution in [0.1, 0.15) is 46.0 Å². The van der Waals surface area contributed by atoms with Crippen LogP contribution in [0.4, 0.5) is 0 Å². The van der Waals surface area contributed by atoms with E-state index in [0.717, 1.165) is 31.3 Å². The van der Waals surface area contributed by atoms with E-state index in [1.807, 2.05) is 0 Å². The smallest absolute Gasteiger partial charge is 0.172 e. The second-order valence-corrected chi connectivity index (χ2v) is 7.56. The Labute approximate surface area is 132 Å². The van der Waals surface area contributed by atoms with E-state index in [2.05, 4.69) is 26.0 Å². The molecule has 0 saturated carbocycles. The molecule has 0 N–H and O–H groups in total. The lowest BCUT2D eigenvalue weighted by molar-refractivity contribution is -0.207. The van der Waals surface area contributed by atoms with Gasteiger partial charge in [0.1, 0.15) is 0 Å². The molecular formula is C19H26O3. The van der Waals surface area contributed by atoms with Gasteiger partial charge in [-0.05, 0) is 36.7 Å². The molecule has 3 heteroatoms. The van der Waals surface area contributed by atoms with Crippen molar-refractivity contribution in [3.63, 3.8) is 0 Å². The Kier molecular flexibility index (Phi) is 3.54. The van der Waals surface area contributed by atoms with Crippen LogP contribution in [0.15, 0.2) is 23.3 Å². The maximum absolute atomic E-state index is 12.8. The van der Waals surface area contributed by atoms with Gasteiger partial charge in [-0.3, -0.25) is 4.79 Å². The van der Waals surface area contributed by atoms with Gasteiger partial charge in [0.05, 0.1) is 13.2 Å². The lowest BCUT2D eigenvalue weighted by Crippen LogP contribution is -2.46. The summed E-state index contributed by atoms with van der Waals surface area (Å²) < 4.78 is 12.2. The predicted octanol–water partition coefficient (Wildman–Crippen LogP) is 3.65. The second-order valence-electron chi connectivity index (χ2n) is 7.56. The molecule has 3 aliphatic carbocycles. The Morgan fingerprint density at radius 1 is 1.27 bits per heavy atom. The quantitative estimate of drug-likeness (QED) is 0.694. The zero-order valence-corrected chi connectivity index (χ0v) is 13.6. The molecule has 0 aromatic heterocycles. The summed E-state index contributed by atoms with van der Waals surface area (Å²) in [6.45, 7) is 5.90. The Balaban J connectivity index is 1.78. The van der Waals surface area contributed by atoms with Crippen molar-refractivity contribution >= 4 is 5.78 Å². The highest BCUT2D eigenvalue weighted by Gasteiger charge is 2.53. The largest absolute Gasteiger partial charge is 0.347 e. The third kappa shape index (κ3) is 2.05. The van der Waals surface area contributed by atoms with Crippen LogP contribution in [0.25, 0.3) is 0 Å². The van der Waals surface area contributed by atoms with E-state index in [0.29, 0.717) is 43.2 Å². The third-order valence-corrected chi connectivity index (χ3v) is 6.14. The number of carbonyl (C=O) groups excluding carboxylic acids is 1. The van der Waals surface area contributed by atoms with Crippen LogP contribution in [0, 0.1) is 23.7 Å². The van der Waals surface area contributed by atoms with Crippen molar-refractivity contribution < 1.29 is 14.3 Å². The van der Waals surface area contributed by atoms with Crippen molar-refractivity contribution in [2.45, 2.75) is 51.7 Å². The van der Waals surface area contributed by atoms with Crippen molar-refractivity contribution in [3.05, 3.63) is 23.3 Å². The first kappa shape index (κ1) is 14.6. The highest BCUT2D eigenvalue weighted by molar-refractivity contribution is 5.98. The molecule has 1 fully saturated rings. The van der Waals surface area contributed by atoms with Crippen molar-refractivity contribution in [1.82, 2.24) is 0 Å². The summed E-state index contributed by atoms with van der Waals surface area (Å²) >= 11 is 0. The summed E-state index contributed by atoms with van der Waals surface area (Å²) in [6.07, 6.45) is 9.21. The standard InChI is InChI=1S/C19H26O3/c1-12(2)13-6-7-15-17(20)11-16-14(18(13)15)5-3-4-8-19(16)21-9-10-22-19/h3,5,12-14,16H,4,6-11H2,1-2H3/t13-,14-,16-/m0/s1. The number of hydrogen-bond donors (Lipinski definition) is 0. The van der Waals surface area contributed by atoms with E-state index < -0.39 is 5.79 Å². The number of rotatable bonds is 1. The number of ether oxygens (including phenoxy) is 2. The second kappa shape index (κ2) is 5.31. The molecule has 1 saturated heterocycles. The van der Waals surface area contributed by atoms with Gasteiger partial charge in [-0.25, -0.2) is 0 Å². The SMILES string of the molecule is CC(C)[C@@H]1CCC2=C1[C@H]1C=CCCC3(OCCO3)[C@H]1CC2=O. The Morgan fingerprint density at radius 3 is 2.77 bits per heavy atom. The average Bonchev–Trinajstić information content (AvgIpc) is 3.08. The zero-order chi connectivity index (χ0) is 15.3. The number of ketones is 1. The Hall–Kier alpha value is -0.930. The molecule has 3 nitrogen and oxygen atoms in total. The van der Waals surface area contributed by atoms with E-state index in [-0.39, 0.29) is 5.92 Å². The van der Waals surface area contributed by atoms with E-state index >= 15 is 0 Å². The minimum atomic E-state index is -0.521. The molecule has 4 rings (SSSR count). The van der Waals surface area contributed by atoms with Crippen LogP contribution in [-0.4, -0.2) is 24.8 Å². The van der Waals surface area contributed by atoms with Gasteiger partial charge in [-0.1, -0.05) is 31.6 Å². The summed E-state index contributed by atoms with van der Waals surface area (Å²) in [6, 6.07) is 0. The topological polar surface area (TPSA) is 35.5 Å². The molecule has 0 bridgehead atoms. The van der Waals surface area contributed by atoms with Gasteiger partial charge >= 0.3 is 0 Å². The molecular weight excluding hydrogens is 276 g/mol. The minimum absolute atomic E-state index is 0.166. The molecule has 0 radical (unpaired) electrons. The normalized spacial score (nSPS) is 36.9. The van der Waals surface area contributed by atoms with E-state index in [1.54, 1.807) is 0 Å². The first-order valence-electron chi connectivity index (χ1n) is 8.83. The molecule has 4 aliphatic rings. The van der Waals surface area contributed by atoms with E-state index in [4.69, 9.17) is 9.47 Å². The summed E-state index contributed by atoms with van der Waals surface area (Å²) in [5.74, 6) is 1.48. The molecule has 22 heavy (non-hydrogen) atoms. The summed E-state index contributed by atoms with van der Waals surface area (Å²) in [4.78, 5) is 12.8. The van der Waals surface area contributed by atoms with Crippen LogP contribution >= 0.6 is 0 Å². The minimum Gasteiger partial charge on any atom is -0.347 e. The molecule has 1 aliphatic heterocycles. The number of Topliss-reactive ketones (excluding diaryl/α,β-unsaturated/α-hetero) is 1. The maximum Gasteiger partial charge on any atom is 0.172 e. The van der Waals surface area contributed by atoms with Gasteiger partial charge in [0, 0.05) is 24.7 Å². The third-order valence-electron chi connectivity index (χ3n) is 6.14. The fourth-order valence-electron chi connectivity index (χ4n) is 5.14. The number of allylic oxidation sites excluding steroid dienone is 4. The van der Waals surface area contributed by atoms with Gasteiger partial charge in [0.25, 0.3) is 0 Å². The van der Waals surface area contributed by atoms with E-state index in [1.165, 1.54) is 5.57 Å². The lowest BCUT2D eigenvalue weighted by Gasteiger charge is -2.42. The molecule has 0 aromatic carbocycles. The summed E-state index contributed by atoms with van der Waals surface area (Å²) in [5, 5.41) is 0. The lowest BCUT2D eigenvalue weighted by atomic mass is 9.68. The number of hydrogen-bond acceptors (Lipinski definition) is 3. The molecule has 3 atom stereocenters. The van der Waals surface area contributed by atoms with Crippen molar-refractivity contribution in [2.75, 3.05) is 13.2 Å². The highest BCUT2D eigenvalue weighted by Crippen LogP contribution is 2.53. The molecule has 1 heterocycles. The van der Waals surface area contributed by atoms with Crippen LogP contribution in [0.2, 0.25) is 0 Å². The molecule has 0 amide bonds. The van der Waals surface area contributed by atoms with Crippen molar-refractivity contribution in [2.24, 2.45) is 23.7 Å². The van der Waals surface area contributed by atoms with Gasteiger partial charge in [0.2, 0.25) is 0 Å². The Morgan fingerprint density at radius 2 is 2.05 bits per heavy atom. The fraction of sp³-hybridized carbons (Fsp3) is 0.737. The Bertz CT molecular complexity index is 537. The molecule has 0 aromatic rings. The monoisotopic (exact) mass is 302 g/mol. The van der Waals surface area contributed by atoms with Gasteiger partial charge in [-0.15, -0.1) is 0 Å². The zero-order valence-electron chi connectivity index (χ0n) is 13.6. The number of fused-ring (bicyclic) bond motifs is 3. The van der Waals surface area contributed by atoms with Gasteiger partial charge in [-0.2, -0.15) is 0 Å². The van der Waals surface area contributed by atoms with Crippen LogP contribution in [0.3, 0.4) is 0 Å². The maximum atomic E-state index is 12.8. The first-order chi connectivity index (χ1) is 10.6. The highest BCUT2D eigenvalue weighted by atomic mass is 16.7. The predicted molar refractivity (Wildman–Crippen MR) is 84.2 cm³/mol.